The molecular weight excluding hydrogens is 362 g/mol. The van der Waals surface area contributed by atoms with Crippen LogP contribution in [0.1, 0.15) is 21.7 Å². The Morgan fingerprint density at radius 1 is 1.31 bits per heavy atom. The van der Waals surface area contributed by atoms with Gasteiger partial charge in [0.25, 0.3) is 5.91 Å². The summed E-state index contributed by atoms with van der Waals surface area (Å²) >= 11 is 5.85. The lowest BCUT2D eigenvalue weighted by Gasteiger charge is -2.02. The quantitative estimate of drug-likeness (QED) is 0.539. The first-order valence-electron chi connectivity index (χ1n) is 7.48. The molecule has 0 atom stereocenters. The van der Waals surface area contributed by atoms with Gasteiger partial charge in [0.1, 0.15) is 12.0 Å². The van der Waals surface area contributed by atoms with Gasteiger partial charge in [0.2, 0.25) is 11.6 Å². The molecule has 10 nitrogen and oxygen atoms in total. The van der Waals surface area contributed by atoms with E-state index in [1.807, 2.05) is 12.1 Å². The Bertz CT molecular complexity index is 978. The number of amides is 1. The molecule has 0 fully saturated rings. The third kappa shape index (κ3) is 3.54. The van der Waals surface area contributed by atoms with Gasteiger partial charge in [-0.1, -0.05) is 23.7 Å². The Balaban J connectivity index is 1.76. The van der Waals surface area contributed by atoms with E-state index in [1.54, 1.807) is 12.1 Å². The topological polar surface area (TPSA) is 121 Å². The van der Waals surface area contributed by atoms with Crippen molar-refractivity contribution in [2.24, 2.45) is 7.05 Å². The Kier molecular flexibility index (Phi) is 4.67. The average Bonchev–Trinajstić information content (AvgIpc) is 3.12. The molecule has 1 aromatic carbocycles. The van der Waals surface area contributed by atoms with Crippen molar-refractivity contribution < 1.29 is 9.72 Å². The normalized spacial score (nSPS) is 10.7. The Labute approximate surface area is 152 Å². The molecule has 3 aromatic rings. The Morgan fingerprint density at radius 2 is 2.00 bits per heavy atom. The van der Waals surface area contributed by atoms with Gasteiger partial charge in [0.05, 0.1) is 11.5 Å². The smallest absolute Gasteiger partial charge is 0.288 e. The van der Waals surface area contributed by atoms with Crippen molar-refractivity contribution >= 4 is 29.1 Å². The van der Waals surface area contributed by atoms with Crippen LogP contribution in [0.5, 0.6) is 0 Å². The van der Waals surface area contributed by atoms with E-state index >= 15 is 0 Å². The van der Waals surface area contributed by atoms with E-state index in [2.05, 4.69) is 20.5 Å². The monoisotopic (exact) mass is 375 g/mol. The minimum absolute atomic E-state index is 0.0390. The van der Waals surface area contributed by atoms with Gasteiger partial charge in [0.15, 0.2) is 0 Å². The van der Waals surface area contributed by atoms with Gasteiger partial charge < -0.3 is 0 Å². The first kappa shape index (κ1) is 17.5. The molecule has 1 amide bonds. The third-order valence-electron chi connectivity index (χ3n) is 3.61. The van der Waals surface area contributed by atoms with E-state index in [0.717, 1.165) is 10.2 Å². The molecule has 0 aliphatic rings. The van der Waals surface area contributed by atoms with E-state index in [4.69, 9.17) is 11.6 Å². The summed E-state index contributed by atoms with van der Waals surface area (Å²) in [6.45, 7) is 1.90. The highest BCUT2D eigenvalue weighted by Crippen LogP contribution is 2.22. The van der Waals surface area contributed by atoms with E-state index in [0.29, 0.717) is 11.6 Å². The van der Waals surface area contributed by atoms with Crippen LogP contribution in [0.2, 0.25) is 5.02 Å². The highest BCUT2D eigenvalue weighted by atomic mass is 35.5. The molecule has 26 heavy (non-hydrogen) atoms. The van der Waals surface area contributed by atoms with Crippen LogP contribution in [0, 0.1) is 17.0 Å². The Morgan fingerprint density at radius 3 is 2.65 bits per heavy atom. The summed E-state index contributed by atoms with van der Waals surface area (Å²) in [5.74, 6) is -0.666. The lowest BCUT2D eigenvalue weighted by molar-refractivity contribution is -0.385. The molecule has 0 bridgehead atoms. The number of benzene rings is 1. The van der Waals surface area contributed by atoms with Crippen molar-refractivity contribution in [2.75, 3.05) is 5.32 Å². The fraction of sp³-hybridized carbons (Fsp3) is 0.200. The number of nitrogens with one attached hydrogen (secondary N) is 1. The molecule has 3 rings (SSSR count). The van der Waals surface area contributed by atoms with Crippen LogP contribution < -0.4 is 5.32 Å². The number of nitrogens with zero attached hydrogens (tertiary/aromatic N) is 6. The van der Waals surface area contributed by atoms with Crippen LogP contribution >= 0.6 is 11.6 Å². The maximum absolute atomic E-state index is 12.4. The second-order valence-corrected chi connectivity index (χ2v) is 5.95. The van der Waals surface area contributed by atoms with Crippen LogP contribution in [0.4, 0.5) is 11.6 Å². The predicted molar refractivity (Wildman–Crippen MR) is 93.1 cm³/mol. The van der Waals surface area contributed by atoms with Crippen molar-refractivity contribution in [3.63, 3.8) is 0 Å². The second kappa shape index (κ2) is 6.92. The zero-order valence-electron chi connectivity index (χ0n) is 13.9. The van der Waals surface area contributed by atoms with Gasteiger partial charge in [-0.15, -0.1) is 5.10 Å². The molecule has 0 aliphatic carbocycles. The third-order valence-corrected chi connectivity index (χ3v) is 3.86. The minimum atomic E-state index is -0.705. The molecule has 0 saturated carbocycles. The molecule has 2 aromatic heterocycles. The number of rotatable bonds is 5. The molecule has 0 radical (unpaired) electrons. The van der Waals surface area contributed by atoms with Gasteiger partial charge in [-0.05, 0) is 24.6 Å². The van der Waals surface area contributed by atoms with Gasteiger partial charge in [-0.25, -0.2) is 9.67 Å². The van der Waals surface area contributed by atoms with Crippen LogP contribution in [-0.4, -0.2) is 35.4 Å². The van der Waals surface area contributed by atoms with Crippen molar-refractivity contribution in [3.8, 4) is 0 Å². The summed E-state index contributed by atoms with van der Waals surface area (Å²) in [6.07, 6.45) is 1.45. The first-order valence-corrected chi connectivity index (χ1v) is 7.86. The molecule has 0 unspecified atom stereocenters. The lowest BCUT2D eigenvalue weighted by Crippen LogP contribution is -2.18. The van der Waals surface area contributed by atoms with Crippen molar-refractivity contribution in [2.45, 2.75) is 13.5 Å². The highest BCUT2D eigenvalue weighted by molar-refractivity contribution is 6.30. The summed E-state index contributed by atoms with van der Waals surface area (Å²) in [5, 5.41) is 22.3. The number of halogens is 1. The number of carbonyl (C=O) groups excluding carboxylic acids is 1. The molecule has 1 N–H and O–H groups in total. The molecule has 2 heterocycles. The molecule has 0 aliphatic heterocycles. The summed E-state index contributed by atoms with van der Waals surface area (Å²) in [6, 6.07) is 7.23. The van der Waals surface area contributed by atoms with Crippen molar-refractivity contribution in [1.82, 2.24) is 24.5 Å². The number of carbonyl (C=O) groups is 1. The van der Waals surface area contributed by atoms with Crippen molar-refractivity contribution in [3.05, 3.63) is 62.7 Å². The fourth-order valence-corrected chi connectivity index (χ4v) is 2.61. The zero-order valence-corrected chi connectivity index (χ0v) is 14.6. The largest absolute Gasteiger partial charge is 0.322 e. The van der Waals surface area contributed by atoms with Gasteiger partial charge in [-0.3, -0.25) is 24.9 Å². The predicted octanol–water partition coefficient (Wildman–Crippen LogP) is 2.18. The number of aromatic nitrogens is 5. The van der Waals surface area contributed by atoms with E-state index in [-0.39, 0.29) is 23.0 Å². The average molecular weight is 376 g/mol. The van der Waals surface area contributed by atoms with Gasteiger partial charge in [0, 0.05) is 12.1 Å². The van der Waals surface area contributed by atoms with Crippen LogP contribution in [0.25, 0.3) is 0 Å². The van der Waals surface area contributed by atoms with E-state index in [1.165, 1.54) is 25.0 Å². The zero-order chi connectivity index (χ0) is 18.8. The van der Waals surface area contributed by atoms with Crippen LogP contribution in [0.3, 0.4) is 0 Å². The Hall–Kier alpha value is -3.27. The molecule has 0 spiro atoms. The van der Waals surface area contributed by atoms with Gasteiger partial charge in [-0.2, -0.15) is 5.10 Å². The number of hydrogen-bond donors (Lipinski definition) is 1. The van der Waals surface area contributed by atoms with Crippen molar-refractivity contribution in [1.29, 1.82) is 0 Å². The maximum Gasteiger partial charge on any atom is 0.322 e. The standard InChI is InChI=1S/C15H14ClN7O3/c1-9-12(23(25)26)13(21(2)19-9)14(24)18-15-17-8-22(20-15)7-10-3-5-11(16)6-4-10/h3-6,8H,7H2,1-2H3,(H,18,20,24). The van der Waals surface area contributed by atoms with Gasteiger partial charge >= 0.3 is 5.69 Å². The fourth-order valence-electron chi connectivity index (χ4n) is 2.49. The van der Waals surface area contributed by atoms with E-state index < -0.39 is 10.8 Å². The summed E-state index contributed by atoms with van der Waals surface area (Å²) in [5.41, 5.74) is 0.603. The summed E-state index contributed by atoms with van der Waals surface area (Å²) < 4.78 is 2.69. The first-order chi connectivity index (χ1) is 12.3. The molecule has 134 valence electrons. The molecular formula is C15H14ClN7O3. The number of anilines is 1. The molecule has 11 heteroatoms. The minimum Gasteiger partial charge on any atom is -0.288 e. The summed E-state index contributed by atoms with van der Waals surface area (Å²) in [4.78, 5) is 26.9. The second-order valence-electron chi connectivity index (χ2n) is 5.51. The van der Waals surface area contributed by atoms with E-state index in [9.17, 15) is 14.9 Å². The number of aryl methyl sites for hydroxylation is 2. The lowest BCUT2D eigenvalue weighted by atomic mass is 10.2. The van der Waals surface area contributed by atoms with Crippen LogP contribution in [-0.2, 0) is 13.6 Å². The highest BCUT2D eigenvalue weighted by Gasteiger charge is 2.29. The summed E-state index contributed by atoms with van der Waals surface area (Å²) in [7, 11) is 1.46. The molecule has 0 saturated heterocycles. The number of hydrogen-bond acceptors (Lipinski definition) is 6. The SMILES string of the molecule is Cc1nn(C)c(C(=O)Nc2ncn(Cc3ccc(Cl)cc3)n2)c1[N+](=O)[O-]. The maximum atomic E-state index is 12.4. The number of nitro groups is 1. The van der Waals surface area contributed by atoms with Crippen LogP contribution in [0.15, 0.2) is 30.6 Å².